The fourth-order valence-corrected chi connectivity index (χ4v) is 2.03. The van der Waals surface area contributed by atoms with Crippen molar-refractivity contribution < 1.29 is 40.7 Å². The number of nitrogens with two attached hydrogens (primary N) is 1. The van der Waals surface area contributed by atoms with Gasteiger partial charge in [0.2, 0.25) is 0 Å². The van der Waals surface area contributed by atoms with Gasteiger partial charge >= 0.3 is 18.3 Å². The lowest BCUT2D eigenvalue weighted by Gasteiger charge is -2.17. The van der Waals surface area contributed by atoms with Crippen LogP contribution < -0.4 is 15.8 Å². The van der Waals surface area contributed by atoms with E-state index in [1.165, 1.54) is 0 Å². The number of carbonyl (C=O) groups is 2. The molecule has 1 aromatic carbocycles. The van der Waals surface area contributed by atoms with E-state index in [0.717, 1.165) is 24.4 Å². The number of amides is 1. The Morgan fingerprint density at radius 2 is 1.79 bits per heavy atom. The Kier molecular flexibility index (Phi) is 5.73. The average Bonchev–Trinajstić information content (AvgIpc) is 2.56. The van der Waals surface area contributed by atoms with E-state index in [4.69, 9.17) is 17.3 Å². The summed E-state index contributed by atoms with van der Waals surface area (Å²) in [5, 5.41) is 1.96. The van der Waals surface area contributed by atoms with Crippen molar-refractivity contribution in [2.45, 2.75) is 12.4 Å². The molecule has 0 bridgehead atoms. The van der Waals surface area contributed by atoms with Gasteiger partial charge in [-0.3, -0.25) is 4.79 Å². The molecule has 1 aromatic heterocycles. The van der Waals surface area contributed by atoms with E-state index in [1.54, 1.807) is 0 Å². The Morgan fingerprint density at radius 1 is 1.14 bits per heavy atom. The standard InChI is InChI=1S/C15H8ClF6N3O3/c16-11-9(23)4-6(5-24-11)25-12(26)7-2-1-3-8(14(17,18)19)10(7)28-13(27)15(20,21)22/h1-5H,23H2,(H,25,26). The molecule has 0 aliphatic carbocycles. The van der Waals surface area contributed by atoms with Gasteiger partial charge in [-0.2, -0.15) is 26.3 Å². The summed E-state index contributed by atoms with van der Waals surface area (Å²) in [6.07, 6.45) is -9.78. The highest BCUT2D eigenvalue weighted by Gasteiger charge is 2.44. The minimum Gasteiger partial charge on any atom is -0.418 e. The molecule has 150 valence electrons. The number of para-hydroxylation sites is 1. The molecule has 1 heterocycles. The number of alkyl halides is 6. The summed E-state index contributed by atoms with van der Waals surface area (Å²) in [5.74, 6) is -5.82. The van der Waals surface area contributed by atoms with E-state index in [9.17, 15) is 35.9 Å². The van der Waals surface area contributed by atoms with E-state index in [1.807, 2.05) is 0 Å². The van der Waals surface area contributed by atoms with E-state index in [0.29, 0.717) is 6.07 Å². The van der Waals surface area contributed by atoms with Gasteiger partial charge in [-0.05, 0) is 18.2 Å². The van der Waals surface area contributed by atoms with E-state index < -0.39 is 41.1 Å². The first-order chi connectivity index (χ1) is 12.8. The van der Waals surface area contributed by atoms with Gasteiger partial charge < -0.3 is 15.8 Å². The van der Waals surface area contributed by atoms with Crippen LogP contribution in [0.2, 0.25) is 5.15 Å². The van der Waals surface area contributed by atoms with Gasteiger partial charge in [-0.25, -0.2) is 9.78 Å². The average molecular weight is 428 g/mol. The highest BCUT2D eigenvalue weighted by Crippen LogP contribution is 2.39. The molecule has 2 aromatic rings. The monoisotopic (exact) mass is 427 g/mol. The van der Waals surface area contributed by atoms with Gasteiger partial charge in [0.1, 0.15) is 0 Å². The van der Waals surface area contributed by atoms with Crippen LogP contribution in [-0.4, -0.2) is 23.0 Å². The molecule has 0 spiro atoms. The van der Waals surface area contributed by atoms with Gasteiger partial charge in [0.05, 0.1) is 28.7 Å². The number of carbonyl (C=O) groups excluding carboxylic acids is 2. The van der Waals surface area contributed by atoms with Crippen molar-refractivity contribution in [1.82, 2.24) is 4.98 Å². The van der Waals surface area contributed by atoms with Gasteiger partial charge in [-0.15, -0.1) is 0 Å². The number of nitrogens with zero attached hydrogens (tertiary/aromatic N) is 1. The molecule has 0 atom stereocenters. The third-order valence-corrected chi connectivity index (χ3v) is 3.43. The fraction of sp³-hybridized carbons (Fsp3) is 0.133. The Balaban J connectivity index is 2.48. The van der Waals surface area contributed by atoms with Crippen LogP contribution in [0.25, 0.3) is 0 Å². The van der Waals surface area contributed by atoms with Crippen molar-refractivity contribution in [2.75, 3.05) is 11.1 Å². The maximum absolute atomic E-state index is 13.1. The van der Waals surface area contributed by atoms with Crippen LogP contribution in [0.4, 0.5) is 37.7 Å². The van der Waals surface area contributed by atoms with Crippen LogP contribution in [0.5, 0.6) is 5.75 Å². The number of rotatable bonds is 3. The Labute approximate surface area is 157 Å². The van der Waals surface area contributed by atoms with Crippen molar-refractivity contribution >= 4 is 34.9 Å². The maximum atomic E-state index is 13.1. The van der Waals surface area contributed by atoms with Crippen LogP contribution in [0.15, 0.2) is 30.5 Å². The number of pyridine rings is 1. The summed E-state index contributed by atoms with van der Waals surface area (Å²) in [4.78, 5) is 26.9. The number of nitrogens with one attached hydrogen (secondary N) is 1. The van der Waals surface area contributed by atoms with Gasteiger partial charge in [0.25, 0.3) is 5.91 Å². The largest absolute Gasteiger partial charge is 0.491 e. The number of anilines is 2. The number of halogens is 7. The van der Waals surface area contributed by atoms with Crippen molar-refractivity contribution in [3.05, 3.63) is 46.7 Å². The summed E-state index contributed by atoms with van der Waals surface area (Å²) in [5.41, 5.74) is 2.57. The molecule has 0 unspecified atom stereocenters. The summed E-state index contributed by atoms with van der Waals surface area (Å²) < 4.78 is 80.5. The second-order valence-corrected chi connectivity index (χ2v) is 5.48. The molecule has 0 radical (unpaired) electrons. The molecule has 1 amide bonds. The minimum absolute atomic E-state index is 0.0766. The van der Waals surface area contributed by atoms with Crippen LogP contribution in [0.3, 0.4) is 0 Å². The maximum Gasteiger partial charge on any atom is 0.491 e. The number of nitrogen functional groups attached to an aromatic ring is 1. The van der Waals surface area contributed by atoms with E-state index >= 15 is 0 Å². The Hall–Kier alpha value is -3.02. The summed E-state index contributed by atoms with van der Waals surface area (Å²) in [6.45, 7) is 0. The lowest BCUT2D eigenvalue weighted by atomic mass is 10.1. The van der Waals surface area contributed by atoms with Crippen LogP contribution >= 0.6 is 11.6 Å². The van der Waals surface area contributed by atoms with Gasteiger partial charge in [-0.1, -0.05) is 17.7 Å². The van der Waals surface area contributed by atoms with Gasteiger partial charge in [0, 0.05) is 0 Å². The summed E-state index contributed by atoms with van der Waals surface area (Å²) in [7, 11) is 0. The number of aromatic nitrogens is 1. The Morgan fingerprint density at radius 3 is 2.32 bits per heavy atom. The Bertz CT molecular complexity index is 930. The highest BCUT2D eigenvalue weighted by atomic mass is 35.5. The molecular weight excluding hydrogens is 420 g/mol. The zero-order valence-electron chi connectivity index (χ0n) is 13.3. The second-order valence-electron chi connectivity index (χ2n) is 5.13. The molecule has 0 saturated heterocycles. The first-order valence-electron chi connectivity index (χ1n) is 7.02. The topological polar surface area (TPSA) is 94.3 Å². The number of esters is 1. The number of ether oxygens (including phenoxy) is 1. The lowest BCUT2D eigenvalue weighted by molar-refractivity contribution is -0.190. The zero-order valence-corrected chi connectivity index (χ0v) is 14.0. The fourth-order valence-electron chi connectivity index (χ4n) is 1.93. The van der Waals surface area contributed by atoms with Crippen LogP contribution in [0, 0.1) is 0 Å². The molecule has 0 aliphatic heterocycles. The third-order valence-electron chi connectivity index (χ3n) is 3.12. The lowest BCUT2D eigenvalue weighted by Crippen LogP contribution is -2.30. The molecule has 28 heavy (non-hydrogen) atoms. The molecule has 2 rings (SSSR count). The third kappa shape index (κ3) is 4.82. The normalized spacial score (nSPS) is 11.8. The number of benzene rings is 1. The molecule has 13 heteroatoms. The molecule has 0 saturated carbocycles. The highest BCUT2D eigenvalue weighted by molar-refractivity contribution is 6.31. The molecular formula is C15H8ClF6N3O3. The van der Waals surface area contributed by atoms with Crippen molar-refractivity contribution in [3.63, 3.8) is 0 Å². The minimum atomic E-state index is -5.58. The summed E-state index contributed by atoms with van der Waals surface area (Å²) >= 11 is 5.59. The quantitative estimate of drug-likeness (QED) is 0.333. The van der Waals surface area contributed by atoms with Crippen molar-refractivity contribution in [3.8, 4) is 5.75 Å². The van der Waals surface area contributed by atoms with Gasteiger partial charge in [0.15, 0.2) is 10.9 Å². The summed E-state index contributed by atoms with van der Waals surface area (Å²) in [6, 6.07) is 2.98. The first kappa shape index (κ1) is 21.3. The zero-order chi connectivity index (χ0) is 21.3. The predicted octanol–water partition coefficient (Wildman–Crippen LogP) is 4.06. The smallest absolute Gasteiger partial charge is 0.418 e. The SMILES string of the molecule is Nc1cc(NC(=O)c2cccc(C(F)(F)F)c2OC(=O)C(F)(F)F)cnc1Cl. The molecule has 3 N–H and O–H groups in total. The molecule has 0 fully saturated rings. The van der Waals surface area contributed by atoms with Crippen LogP contribution in [-0.2, 0) is 11.0 Å². The van der Waals surface area contributed by atoms with Crippen molar-refractivity contribution in [1.29, 1.82) is 0 Å². The first-order valence-corrected chi connectivity index (χ1v) is 7.40. The van der Waals surface area contributed by atoms with Crippen LogP contribution in [0.1, 0.15) is 15.9 Å². The van der Waals surface area contributed by atoms with E-state index in [2.05, 4.69) is 15.0 Å². The van der Waals surface area contributed by atoms with Crippen molar-refractivity contribution in [2.24, 2.45) is 0 Å². The number of hydrogen-bond acceptors (Lipinski definition) is 5. The molecule has 6 nitrogen and oxygen atoms in total. The predicted molar refractivity (Wildman–Crippen MR) is 84.7 cm³/mol. The molecule has 0 aliphatic rings. The number of hydrogen-bond donors (Lipinski definition) is 2. The second kappa shape index (κ2) is 7.54. The van der Waals surface area contributed by atoms with E-state index in [-0.39, 0.29) is 16.5 Å².